The Kier molecular flexibility index (Phi) is 4.34. The molecule has 88 valence electrons. The highest BCUT2D eigenvalue weighted by molar-refractivity contribution is 5.49. The maximum atomic E-state index is 9.85. The summed E-state index contributed by atoms with van der Waals surface area (Å²) in [5.41, 5.74) is 13.0. The van der Waals surface area contributed by atoms with Crippen LogP contribution in [0.5, 0.6) is 11.5 Å². The lowest BCUT2D eigenvalue weighted by Gasteiger charge is -2.14. The van der Waals surface area contributed by atoms with Crippen molar-refractivity contribution in [1.82, 2.24) is 0 Å². The van der Waals surface area contributed by atoms with E-state index in [1.54, 1.807) is 12.1 Å². The molecule has 0 aromatic heterocycles. The molecule has 1 aromatic rings. The second-order valence-electron chi connectivity index (χ2n) is 3.57. The molecule has 1 atom stereocenters. The Morgan fingerprint density at radius 3 is 2.75 bits per heavy atom. The van der Waals surface area contributed by atoms with Gasteiger partial charge in [-0.2, -0.15) is 0 Å². The number of rotatable bonds is 5. The number of phenols is 1. The van der Waals surface area contributed by atoms with Crippen LogP contribution in [0.3, 0.4) is 0 Å². The summed E-state index contributed by atoms with van der Waals surface area (Å²) in [5.74, 6) is 0.550. The minimum Gasteiger partial charge on any atom is -0.504 e. The van der Waals surface area contributed by atoms with Gasteiger partial charge in [-0.3, -0.25) is 0 Å². The summed E-state index contributed by atoms with van der Waals surface area (Å²) in [4.78, 5) is 0. The standard InChI is InChI=1S/C12H18N2O2/c1-3-4-8-5-9(10(14)7-13)6-11(16-2)12(8)15/h3,5-6,10,15H,1,4,7,13-14H2,2H3/t10-/m1/s1. The van der Waals surface area contributed by atoms with Crippen LogP contribution >= 0.6 is 0 Å². The lowest BCUT2D eigenvalue weighted by atomic mass is 10.0. The summed E-state index contributed by atoms with van der Waals surface area (Å²) in [7, 11) is 1.50. The molecule has 0 amide bonds. The normalized spacial score (nSPS) is 12.2. The van der Waals surface area contributed by atoms with Crippen LogP contribution in [0.25, 0.3) is 0 Å². The molecule has 0 saturated heterocycles. The highest BCUT2D eigenvalue weighted by Gasteiger charge is 2.12. The summed E-state index contributed by atoms with van der Waals surface area (Å²) < 4.78 is 5.09. The van der Waals surface area contributed by atoms with Gasteiger partial charge in [-0.05, 0) is 24.1 Å². The van der Waals surface area contributed by atoms with Crippen LogP contribution in [0.15, 0.2) is 24.8 Å². The fourth-order valence-corrected chi connectivity index (χ4v) is 1.51. The van der Waals surface area contributed by atoms with Gasteiger partial charge in [0.05, 0.1) is 7.11 Å². The highest BCUT2D eigenvalue weighted by Crippen LogP contribution is 2.33. The van der Waals surface area contributed by atoms with Crippen molar-refractivity contribution in [3.8, 4) is 11.5 Å². The molecule has 1 rings (SSSR count). The van der Waals surface area contributed by atoms with Crippen LogP contribution in [0.1, 0.15) is 17.2 Å². The molecule has 16 heavy (non-hydrogen) atoms. The smallest absolute Gasteiger partial charge is 0.161 e. The van der Waals surface area contributed by atoms with Crippen molar-refractivity contribution in [3.63, 3.8) is 0 Å². The largest absolute Gasteiger partial charge is 0.504 e. The van der Waals surface area contributed by atoms with Crippen molar-refractivity contribution in [2.45, 2.75) is 12.5 Å². The van der Waals surface area contributed by atoms with E-state index in [4.69, 9.17) is 16.2 Å². The molecule has 4 nitrogen and oxygen atoms in total. The van der Waals surface area contributed by atoms with E-state index in [9.17, 15) is 5.11 Å². The summed E-state index contributed by atoms with van der Waals surface area (Å²) in [6, 6.07) is 3.29. The first kappa shape index (κ1) is 12.5. The molecule has 0 unspecified atom stereocenters. The molecule has 0 spiro atoms. The maximum Gasteiger partial charge on any atom is 0.161 e. The average molecular weight is 222 g/mol. The van der Waals surface area contributed by atoms with Crippen LogP contribution in [0.2, 0.25) is 0 Å². The Morgan fingerprint density at radius 2 is 2.25 bits per heavy atom. The van der Waals surface area contributed by atoms with Crippen molar-refractivity contribution in [1.29, 1.82) is 0 Å². The van der Waals surface area contributed by atoms with Gasteiger partial charge in [0.15, 0.2) is 11.5 Å². The molecule has 0 fully saturated rings. The summed E-state index contributed by atoms with van der Waals surface area (Å²) in [5, 5.41) is 9.85. The summed E-state index contributed by atoms with van der Waals surface area (Å²) in [6.45, 7) is 3.99. The van der Waals surface area contributed by atoms with Crippen molar-refractivity contribution in [2.24, 2.45) is 11.5 Å². The third kappa shape index (κ3) is 2.53. The van der Waals surface area contributed by atoms with Gasteiger partial charge >= 0.3 is 0 Å². The highest BCUT2D eigenvalue weighted by atomic mass is 16.5. The number of hydrogen-bond donors (Lipinski definition) is 3. The number of nitrogens with two attached hydrogens (primary N) is 2. The van der Waals surface area contributed by atoms with Crippen LogP contribution in [-0.2, 0) is 6.42 Å². The van der Waals surface area contributed by atoms with Gasteiger partial charge in [0.1, 0.15) is 0 Å². The number of aromatic hydroxyl groups is 1. The van der Waals surface area contributed by atoms with E-state index < -0.39 is 0 Å². The van der Waals surface area contributed by atoms with Gasteiger partial charge in [-0.1, -0.05) is 6.08 Å². The zero-order valence-electron chi connectivity index (χ0n) is 9.44. The molecular weight excluding hydrogens is 204 g/mol. The van der Waals surface area contributed by atoms with E-state index in [1.807, 2.05) is 6.07 Å². The first-order valence-electron chi connectivity index (χ1n) is 5.10. The lowest BCUT2D eigenvalue weighted by Crippen LogP contribution is -2.20. The molecule has 0 saturated carbocycles. The second kappa shape index (κ2) is 5.53. The second-order valence-corrected chi connectivity index (χ2v) is 3.57. The SMILES string of the molecule is C=CCc1cc([C@H](N)CN)cc(OC)c1O. The van der Waals surface area contributed by atoms with E-state index >= 15 is 0 Å². The van der Waals surface area contributed by atoms with Gasteiger partial charge in [-0.15, -0.1) is 6.58 Å². The number of ether oxygens (including phenoxy) is 1. The lowest BCUT2D eigenvalue weighted by molar-refractivity contribution is 0.370. The third-order valence-corrected chi connectivity index (χ3v) is 2.44. The molecule has 0 bridgehead atoms. The van der Waals surface area contributed by atoms with E-state index in [0.717, 1.165) is 11.1 Å². The number of hydrogen-bond acceptors (Lipinski definition) is 4. The fourth-order valence-electron chi connectivity index (χ4n) is 1.51. The number of benzene rings is 1. The minimum absolute atomic E-state index is 0.135. The molecule has 0 aliphatic rings. The van der Waals surface area contributed by atoms with Gasteiger partial charge in [-0.25, -0.2) is 0 Å². The molecule has 4 heteroatoms. The quantitative estimate of drug-likeness (QED) is 0.651. The molecule has 0 aliphatic carbocycles. The maximum absolute atomic E-state index is 9.85. The molecule has 5 N–H and O–H groups in total. The topological polar surface area (TPSA) is 81.5 Å². The third-order valence-electron chi connectivity index (χ3n) is 2.44. The zero-order chi connectivity index (χ0) is 12.1. The summed E-state index contributed by atoms with van der Waals surface area (Å²) >= 11 is 0. The van der Waals surface area contributed by atoms with Crippen molar-refractivity contribution in [2.75, 3.05) is 13.7 Å². The fraction of sp³-hybridized carbons (Fsp3) is 0.333. The first-order valence-corrected chi connectivity index (χ1v) is 5.10. The van der Waals surface area contributed by atoms with E-state index in [2.05, 4.69) is 6.58 Å². The first-order chi connectivity index (χ1) is 7.63. The zero-order valence-corrected chi connectivity index (χ0v) is 9.44. The van der Waals surface area contributed by atoms with Gasteiger partial charge in [0, 0.05) is 18.2 Å². The predicted molar refractivity (Wildman–Crippen MR) is 64.5 cm³/mol. The van der Waals surface area contributed by atoms with Crippen LogP contribution in [-0.4, -0.2) is 18.8 Å². The number of allylic oxidation sites excluding steroid dienone is 1. The molecule has 0 radical (unpaired) electrons. The Hall–Kier alpha value is -1.52. The van der Waals surface area contributed by atoms with E-state index in [0.29, 0.717) is 18.7 Å². The number of phenolic OH excluding ortho intramolecular Hbond substituents is 1. The minimum atomic E-state index is -0.252. The molecule has 0 aliphatic heterocycles. The van der Waals surface area contributed by atoms with Crippen molar-refractivity contribution < 1.29 is 9.84 Å². The van der Waals surface area contributed by atoms with Crippen LogP contribution < -0.4 is 16.2 Å². The van der Waals surface area contributed by atoms with E-state index in [-0.39, 0.29) is 11.8 Å². The molecule has 0 heterocycles. The van der Waals surface area contributed by atoms with Crippen molar-refractivity contribution in [3.05, 3.63) is 35.9 Å². The predicted octanol–water partition coefficient (Wildman–Crippen LogP) is 1.09. The summed E-state index contributed by atoms with van der Waals surface area (Å²) in [6.07, 6.45) is 2.28. The number of methoxy groups -OCH3 is 1. The van der Waals surface area contributed by atoms with Crippen LogP contribution in [0, 0.1) is 0 Å². The van der Waals surface area contributed by atoms with Gasteiger partial charge in [0.25, 0.3) is 0 Å². The monoisotopic (exact) mass is 222 g/mol. The average Bonchev–Trinajstić information content (AvgIpc) is 2.31. The van der Waals surface area contributed by atoms with E-state index in [1.165, 1.54) is 7.11 Å². The Morgan fingerprint density at radius 1 is 1.56 bits per heavy atom. The Bertz CT molecular complexity index is 378. The van der Waals surface area contributed by atoms with Gasteiger partial charge < -0.3 is 21.3 Å². The van der Waals surface area contributed by atoms with Gasteiger partial charge in [0.2, 0.25) is 0 Å². The van der Waals surface area contributed by atoms with Crippen molar-refractivity contribution >= 4 is 0 Å². The Balaban J connectivity index is 3.22. The van der Waals surface area contributed by atoms with Crippen LogP contribution in [0.4, 0.5) is 0 Å². The molecule has 1 aromatic carbocycles. The molecular formula is C12H18N2O2. The Labute approximate surface area is 95.5 Å².